The fraction of sp³-hybridized carbons (Fsp3) is 0.474. The molecule has 6 nitrogen and oxygen atoms in total. The highest BCUT2D eigenvalue weighted by molar-refractivity contribution is 9.10. The molecule has 2 aromatic rings. The number of nitrogens with zero attached hydrogens (tertiary/aromatic N) is 3. The molecule has 0 bridgehead atoms. The van der Waals surface area contributed by atoms with Crippen LogP contribution in [0.25, 0.3) is 10.9 Å². The molecule has 3 atom stereocenters. The molecule has 0 spiro atoms. The predicted molar refractivity (Wildman–Crippen MR) is 102 cm³/mol. The molecule has 1 N–H and O–H groups in total. The third-order valence-corrected chi connectivity index (χ3v) is 6.03. The van der Waals surface area contributed by atoms with Crippen LogP contribution in [0.3, 0.4) is 0 Å². The van der Waals surface area contributed by atoms with E-state index in [1.54, 1.807) is 25.4 Å². The van der Waals surface area contributed by atoms with Crippen molar-refractivity contribution in [3.8, 4) is 0 Å². The van der Waals surface area contributed by atoms with Crippen LogP contribution in [-0.2, 0) is 4.79 Å². The molecule has 7 heteroatoms. The number of amides is 2. The van der Waals surface area contributed by atoms with E-state index in [1.165, 1.54) is 0 Å². The average molecular weight is 417 g/mol. The Morgan fingerprint density at radius 1 is 1.31 bits per heavy atom. The minimum absolute atomic E-state index is 0.137. The molecule has 3 unspecified atom stereocenters. The van der Waals surface area contributed by atoms with Gasteiger partial charge in [-0.15, -0.1) is 0 Å². The van der Waals surface area contributed by atoms with Gasteiger partial charge in [0, 0.05) is 43.8 Å². The van der Waals surface area contributed by atoms with Crippen LogP contribution in [0.15, 0.2) is 29.0 Å². The van der Waals surface area contributed by atoms with E-state index in [-0.39, 0.29) is 17.9 Å². The van der Waals surface area contributed by atoms with Crippen molar-refractivity contribution in [1.82, 2.24) is 20.2 Å². The molecule has 2 amide bonds. The van der Waals surface area contributed by atoms with Crippen LogP contribution >= 0.6 is 15.9 Å². The van der Waals surface area contributed by atoms with Crippen LogP contribution < -0.4 is 5.32 Å². The SMILES string of the molecule is CC(=O)N1CCCC(C2CC2NC(=O)c2ccc3cncc(Br)c3n2)C1. The Hall–Kier alpha value is -2.02. The Kier molecular flexibility index (Phi) is 4.65. The van der Waals surface area contributed by atoms with Crippen molar-refractivity contribution in [2.45, 2.75) is 32.2 Å². The second-order valence-corrected chi connectivity index (χ2v) is 8.09. The molecule has 3 heterocycles. The van der Waals surface area contributed by atoms with Gasteiger partial charge in [-0.2, -0.15) is 0 Å². The zero-order valence-corrected chi connectivity index (χ0v) is 16.2. The third-order valence-electron chi connectivity index (χ3n) is 5.45. The smallest absolute Gasteiger partial charge is 0.270 e. The largest absolute Gasteiger partial charge is 0.348 e. The van der Waals surface area contributed by atoms with E-state index in [4.69, 9.17) is 0 Å². The van der Waals surface area contributed by atoms with Gasteiger partial charge < -0.3 is 10.2 Å². The normalized spacial score (nSPS) is 25.2. The number of pyridine rings is 2. The number of carbonyl (C=O) groups excluding carboxylic acids is 2. The number of nitrogens with one attached hydrogen (secondary N) is 1. The molecule has 0 radical (unpaired) electrons. The lowest BCUT2D eigenvalue weighted by atomic mass is 9.93. The number of rotatable bonds is 3. The fourth-order valence-corrected chi connectivity index (χ4v) is 4.36. The van der Waals surface area contributed by atoms with Crippen LogP contribution in [-0.4, -0.2) is 45.8 Å². The lowest BCUT2D eigenvalue weighted by Crippen LogP contribution is -2.40. The van der Waals surface area contributed by atoms with Crippen LogP contribution in [0.2, 0.25) is 0 Å². The monoisotopic (exact) mass is 416 g/mol. The van der Waals surface area contributed by atoms with Crippen LogP contribution in [0.1, 0.15) is 36.7 Å². The van der Waals surface area contributed by atoms with Gasteiger partial charge in [0.2, 0.25) is 5.91 Å². The molecule has 2 aliphatic rings. The summed E-state index contributed by atoms with van der Waals surface area (Å²) in [7, 11) is 0. The van der Waals surface area contributed by atoms with Gasteiger partial charge in [-0.25, -0.2) is 4.98 Å². The minimum atomic E-state index is -0.137. The summed E-state index contributed by atoms with van der Waals surface area (Å²) in [5.74, 6) is 0.971. The maximum Gasteiger partial charge on any atom is 0.270 e. The van der Waals surface area contributed by atoms with Gasteiger partial charge in [0.05, 0.1) is 9.99 Å². The molecule has 2 fully saturated rings. The number of halogens is 1. The Bertz CT molecular complexity index is 872. The fourth-order valence-electron chi connectivity index (χ4n) is 3.93. The highest BCUT2D eigenvalue weighted by Gasteiger charge is 2.45. The van der Waals surface area contributed by atoms with E-state index < -0.39 is 0 Å². The van der Waals surface area contributed by atoms with E-state index >= 15 is 0 Å². The summed E-state index contributed by atoms with van der Waals surface area (Å²) in [6.07, 6.45) is 6.58. The first-order valence-corrected chi connectivity index (χ1v) is 9.79. The van der Waals surface area contributed by atoms with E-state index in [9.17, 15) is 9.59 Å². The first-order chi connectivity index (χ1) is 12.5. The standard InChI is InChI=1S/C19H21BrN4O2/c1-11(25)24-6-2-3-13(10-24)14-7-17(14)23-19(26)16-5-4-12-8-21-9-15(20)18(12)22-16/h4-5,8-9,13-14,17H,2-3,6-7,10H2,1H3,(H,23,26). The Morgan fingerprint density at radius 2 is 2.15 bits per heavy atom. The quantitative estimate of drug-likeness (QED) is 0.834. The summed E-state index contributed by atoms with van der Waals surface area (Å²) < 4.78 is 0.778. The first-order valence-electron chi connectivity index (χ1n) is 8.99. The highest BCUT2D eigenvalue weighted by atomic mass is 79.9. The number of aromatic nitrogens is 2. The molecule has 0 aromatic carbocycles. The highest BCUT2D eigenvalue weighted by Crippen LogP contribution is 2.41. The van der Waals surface area contributed by atoms with Gasteiger partial charge in [0.1, 0.15) is 5.69 Å². The predicted octanol–water partition coefficient (Wildman–Crippen LogP) is 2.77. The van der Waals surface area contributed by atoms with E-state index in [2.05, 4.69) is 31.2 Å². The Morgan fingerprint density at radius 3 is 2.96 bits per heavy atom. The van der Waals surface area contributed by atoms with Crippen LogP contribution in [0.5, 0.6) is 0 Å². The number of carbonyl (C=O) groups is 2. The summed E-state index contributed by atoms with van der Waals surface area (Å²) in [6, 6.07) is 3.80. The van der Waals surface area contributed by atoms with E-state index in [0.717, 1.165) is 47.7 Å². The minimum Gasteiger partial charge on any atom is -0.348 e. The molecular weight excluding hydrogens is 396 g/mol. The summed E-state index contributed by atoms with van der Waals surface area (Å²) >= 11 is 3.43. The maximum absolute atomic E-state index is 12.6. The van der Waals surface area contributed by atoms with Gasteiger partial charge >= 0.3 is 0 Å². The summed E-state index contributed by atoms with van der Waals surface area (Å²) in [5, 5.41) is 4.01. The van der Waals surface area contributed by atoms with Crippen molar-refractivity contribution >= 4 is 38.6 Å². The molecule has 1 aliphatic heterocycles. The molecular formula is C19H21BrN4O2. The topological polar surface area (TPSA) is 75.2 Å². The molecule has 1 saturated heterocycles. The second kappa shape index (κ2) is 6.95. The zero-order valence-electron chi connectivity index (χ0n) is 14.6. The Balaban J connectivity index is 1.40. The summed E-state index contributed by atoms with van der Waals surface area (Å²) in [4.78, 5) is 34.7. The summed E-state index contributed by atoms with van der Waals surface area (Å²) in [6.45, 7) is 3.31. The van der Waals surface area contributed by atoms with Gasteiger partial charge in [-0.05, 0) is 59.2 Å². The first kappa shape index (κ1) is 17.4. The number of hydrogen-bond donors (Lipinski definition) is 1. The van der Waals surface area contributed by atoms with Crippen molar-refractivity contribution in [3.05, 3.63) is 34.7 Å². The second-order valence-electron chi connectivity index (χ2n) is 7.24. The van der Waals surface area contributed by atoms with Crippen molar-refractivity contribution in [2.75, 3.05) is 13.1 Å². The van der Waals surface area contributed by atoms with Gasteiger partial charge in [0.15, 0.2) is 0 Å². The molecule has 4 rings (SSSR count). The lowest BCUT2D eigenvalue weighted by molar-refractivity contribution is -0.130. The zero-order chi connectivity index (χ0) is 18.3. The van der Waals surface area contributed by atoms with Crippen molar-refractivity contribution in [1.29, 1.82) is 0 Å². The molecule has 136 valence electrons. The number of hydrogen-bond acceptors (Lipinski definition) is 4. The van der Waals surface area contributed by atoms with E-state index in [1.807, 2.05) is 11.0 Å². The van der Waals surface area contributed by atoms with Crippen LogP contribution in [0, 0.1) is 11.8 Å². The number of fused-ring (bicyclic) bond motifs is 1. The molecule has 1 saturated carbocycles. The van der Waals surface area contributed by atoms with Crippen molar-refractivity contribution < 1.29 is 9.59 Å². The van der Waals surface area contributed by atoms with Gasteiger partial charge in [-0.3, -0.25) is 14.6 Å². The number of piperidine rings is 1. The van der Waals surface area contributed by atoms with Crippen molar-refractivity contribution in [2.24, 2.45) is 11.8 Å². The van der Waals surface area contributed by atoms with Crippen LogP contribution in [0.4, 0.5) is 0 Å². The van der Waals surface area contributed by atoms with Crippen molar-refractivity contribution in [3.63, 3.8) is 0 Å². The Labute approximate surface area is 160 Å². The lowest BCUT2D eigenvalue weighted by Gasteiger charge is -2.32. The van der Waals surface area contributed by atoms with Gasteiger partial charge in [0.25, 0.3) is 5.91 Å². The maximum atomic E-state index is 12.6. The van der Waals surface area contributed by atoms with Gasteiger partial charge in [-0.1, -0.05) is 0 Å². The molecule has 2 aromatic heterocycles. The summed E-state index contributed by atoms with van der Waals surface area (Å²) in [5.41, 5.74) is 1.16. The third kappa shape index (κ3) is 3.45. The van der Waals surface area contributed by atoms with E-state index in [0.29, 0.717) is 17.5 Å². The molecule has 1 aliphatic carbocycles. The molecule has 26 heavy (non-hydrogen) atoms. The number of likely N-dealkylation sites (tertiary alicyclic amines) is 1. The average Bonchev–Trinajstić information content (AvgIpc) is 3.41.